The monoisotopic (exact) mass is 292 g/mol. The highest BCUT2D eigenvalue weighted by Crippen LogP contribution is 2.16. The summed E-state index contributed by atoms with van der Waals surface area (Å²) in [6.07, 6.45) is 3.32. The van der Waals surface area contributed by atoms with Crippen molar-refractivity contribution in [2.45, 2.75) is 19.6 Å². The van der Waals surface area contributed by atoms with Crippen LogP contribution in [0.2, 0.25) is 0 Å². The molecule has 0 aliphatic rings. The van der Waals surface area contributed by atoms with Crippen LogP contribution in [0, 0.1) is 0 Å². The zero-order chi connectivity index (χ0) is 15.2. The summed E-state index contributed by atoms with van der Waals surface area (Å²) in [7, 11) is 0. The third-order valence-electron chi connectivity index (χ3n) is 2.87. The fourth-order valence-corrected chi connectivity index (χ4v) is 1.78. The average molecular weight is 292 g/mol. The Kier molecular flexibility index (Phi) is 4.81. The van der Waals surface area contributed by atoms with Crippen molar-refractivity contribution in [2.24, 2.45) is 0 Å². The first-order chi connectivity index (χ1) is 10.1. The molecule has 0 saturated carbocycles. The van der Waals surface area contributed by atoms with Crippen LogP contribution < -0.4 is 10.1 Å². The van der Waals surface area contributed by atoms with Crippen LogP contribution in [0.25, 0.3) is 0 Å². The molecule has 0 spiro atoms. The van der Waals surface area contributed by atoms with Gasteiger partial charge >= 0.3 is 6.61 Å². The van der Waals surface area contributed by atoms with Crippen molar-refractivity contribution in [1.82, 2.24) is 10.3 Å². The van der Waals surface area contributed by atoms with Crippen molar-refractivity contribution >= 4 is 5.91 Å². The van der Waals surface area contributed by atoms with Gasteiger partial charge in [-0.1, -0.05) is 6.07 Å². The number of rotatable bonds is 5. The third-order valence-corrected chi connectivity index (χ3v) is 2.87. The lowest BCUT2D eigenvalue weighted by molar-refractivity contribution is -0.0498. The van der Waals surface area contributed by atoms with Gasteiger partial charge in [0, 0.05) is 18.0 Å². The molecule has 0 aliphatic carbocycles. The van der Waals surface area contributed by atoms with Crippen LogP contribution in [-0.2, 0) is 0 Å². The first kappa shape index (κ1) is 14.9. The number of benzene rings is 1. The van der Waals surface area contributed by atoms with Crippen LogP contribution in [0.1, 0.15) is 28.9 Å². The zero-order valence-corrected chi connectivity index (χ0v) is 11.3. The molecule has 2 aromatic rings. The molecule has 2 rings (SSSR count). The fourth-order valence-electron chi connectivity index (χ4n) is 1.78. The van der Waals surface area contributed by atoms with Crippen LogP contribution in [0.5, 0.6) is 5.75 Å². The number of hydrogen-bond acceptors (Lipinski definition) is 3. The number of halogens is 2. The molecule has 0 radical (unpaired) electrons. The van der Waals surface area contributed by atoms with Gasteiger partial charge in [-0.05, 0) is 42.8 Å². The van der Waals surface area contributed by atoms with Gasteiger partial charge in [0.25, 0.3) is 5.91 Å². The maximum absolute atomic E-state index is 12.0. The summed E-state index contributed by atoms with van der Waals surface area (Å²) in [6, 6.07) is 8.96. The van der Waals surface area contributed by atoms with Crippen LogP contribution >= 0.6 is 0 Å². The lowest BCUT2D eigenvalue weighted by Gasteiger charge is -2.14. The van der Waals surface area contributed by atoms with Crippen LogP contribution in [0.15, 0.2) is 48.8 Å². The number of carbonyl (C=O) groups is 1. The molecule has 0 aliphatic heterocycles. The summed E-state index contributed by atoms with van der Waals surface area (Å²) in [4.78, 5) is 16.0. The summed E-state index contributed by atoms with van der Waals surface area (Å²) in [5.41, 5.74) is 1.25. The smallest absolute Gasteiger partial charge is 0.387 e. The van der Waals surface area contributed by atoms with Gasteiger partial charge < -0.3 is 10.1 Å². The quantitative estimate of drug-likeness (QED) is 0.921. The largest absolute Gasteiger partial charge is 0.435 e. The van der Waals surface area contributed by atoms with E-state index in [2.05, 4.69) is 15.0 Å². The van der Waals surface area contributed by atoms with Crippen molar-refractivity contribution in [3.63, 3.8) is 0 Å². The summed E-state index contributed by atoms with van der Waals surface area (Å²) in [5, 5.41) is 2.80. The molecule has 1 aromatic carbocycles. The second kappa shape index (κ2) is 6.78. The number of hydrogen-bond donors (Lipinski definition) is 1. The Morgan fingerprint density at radius 2 is 1.95 bits per heavy atom. The lowest BCUT2D eigenvalue weighted by Crippen LogP contribution is -2.26. The van der Waals surface area contributed by atoms with Crippen molar-refractivity contribution in [1.29, 1.82) is 0 Å². The first-order valence-electron chi connectivity index (χ1n) is 6.32. The fraction of sp³-hybridized carbons (Fsp3) is 0.200. The number of alkyl halides is 2. The van der Waals surface area contributed by atoms with Crippen molar-refractivity contribution in [3.05, 3.63) is 59.9 Å². The molecule has 1 heterocycles. The third kappa shape index (κ3) is 4.24. The number of nitrogens with one attached hydrogen (secondary N) is 1. The average Bonchev–Trinajstić information content (AvgIpc) is 2.48. The zero-order valence-electron chi connectivity index (χ0n) is 11.3. The number of pyridine rings is 1. The molecular formula is C15H14F2N2O2. The van der Waals surface area contributed by atoms with Crippen LogP contribution in [-0.4, -0.2) is 17.5 Å². The minimum atomic E-state index is -2.88. The van der Waals surface area contributed by atoms with E-state index in [0.29, 0.717) is 5.56 Å². The highest BCUT2D eigenvalue weighted by molar-refractivity contribution is 5.94. The second-order valence-corrected chi connectivity index (χ2v) is 4.38. The Hall–Kier alpha value is -2.50. The normalized spacial score (nSPS) is 12.0. The molecule has 6 heteroatoms. The molecule has 0 saturated heterocycles. The summed E-state index contributed by atoms with van der Waals surface area (Å²) < 4.78 is 28.3. The topological polar surface area (TPSA) is 51.2 Å². The molecule has 110 valence electrons. The molecule has 0 fully saturated rings. The number of carbonyl (C=O) groups excluding carboxylic acids is 1. The minimum Gasteiger partial charge on any atom is -0.435 e. The highest BCUT2D eigenvalue weighted by atomic mass is 19.3. The van der Waals surface area contributed by atoms with E-state index in [1.165, 1.54) is 24.3 Å². The standard InChI is InChI=1S/C15H14F2N2O2/c1-10(12-3-2-8-18-9-12)19-14(20)11-4-6-13(7-5-11)21-15(16)17/h2-10,15H,1H3,(H,19,20). The number of nitrogens with zero attached hydrogens (tertiary/aromatic N) is 1. The van der Waals surface area contributed by atoms with Crippen LogP contribution in [0.3, 0.4) is 0 Å². The van der Waals surface area contributed by atoms with E-state index < -0.39 is 6.61 Å². The van der Waals surface area contributed by atoms with Gasteiger partial charge in [0.15, 0.2) is 0 Å². The highest BCUT2D eigenvalue weighted by Gasteiger charge is 2.12. The Morgan fingerprint density at radius 3 is 2.52 bits per heavy atom. The Balaban J connectivity index is 2.00. The van der Waals surface area contributed by atoms with Crippen molar-refractivity contribution in [2.75, 3.05) is 0 Å². The van der Waals surface area contributed by atoms with Crippen molar-refractivity contribution < 1.29 is 18.3 Å². The van der Waals surface area contributed by atoms with E-state index >= 15 is 0 Å². The maximum atomic E-state index is 12.0. The van der Waals surface area contributed by atoms with Gasteiger partial charge in [0.2, 0.25) is 0 Å². The Morgan fingerprint density at radius 1 is 1.24 bits per heavy atom. The first-order valence-corrected chi connectivity index (χ1v) is 6.32. The predicted molar refractivity (Wildman–Crippen MR) is 73.2 cm³/mol. The molecule has 1 aromatic heterocycles. The molecular weight excluding hydrogens is 278 g/mol. The molecule has 21 heavy (non-hydrogen) atoms. The molecule has 1 atom stereocenters. The molecule has 1 amide bonds. The van der Waals surface area contributed by atoms with E-state index in [9.17, 15) is 13.6 Å². The van der Waals surface area contributed by atoms with E-state index in [1.54, 1.807) is 18.5 Å². The predicted octanol–water partition coefficient (Wildman–Crippen LogP) is 3.17. The number of ether oxygens (including phenoxy) is 1. The van der Waals surface area contributed by atoms with Gasteiger partial charge in [0.1, 0.15) is 5.75 Å². The summed E-state index contributed by atoms with van der Waals surface area (Å²) in [6.45, 7) is -1.04. The van der Waals surface area contributed by atoms with E-state index in [1.807, 2.05) is 13.0 Å². The number of amides is 1. The van der Waals surface area contributed by atoms with Gasteiger partial charge in [-0.2, -0.15) is 8.78 Å². The van der Waals surface area contributed by atoms with E-state index in [0.717, 1.165) is 5.56 Å². The molecule has 4 nitrogen and oxygen atoms in total. The molecule has 1 N–H and O–H groups in total. The maximum Gasteiger partial charge on any atom is 0.387 e. The SMILES string of the molecule is CC(NC(=O)c1ccc(OC(F)F)cc1)c1cccnc1. The van der Waals surface area contributed by atoms with Gasteiger partial charge in [-0.15, -0.1) is 0 Å². The molecule has 1 unspecified atom stereocenters. The lowest BCUT2D eigenvalue weighted by atomic mass is 10.1. The van der Waals surface area contributed by atoms with E-state index in [-0.39, 0.29) is 17.7 Å². The van der Waals surface area contributed by atoms with Crippen LogP contribution in [0.4, 0.5) is 8.78 Å². The van der Waals surface area contributed by atoms with Crippen molar-refractivity contribution in [3.8, 4) is 5.75 Å². The summed E-state index contributed by atoms with van der Waals surface area (Å²) >= 11 is 0. The Bertz CT molecular complexity index is 588. The second-order valence-electron chi connectivity index (χ2n) is 4.38. The molecule has 0 bridgehead atoms. The van der Waals surface area contributed by atoms with E-state index in [4.69, 9.17) is 0 Å². The number of aromatic nitrogens is 1. The summed E-state index contributed by atoms with van der Waals surface area (Å²) in [5.74, 6) is -0.281. The van der Waals surface area contributed by atoms with Gasteiger partial charge in [-0.25, -0.2) is 0 Å². The van der Waals surface area contributed by atoms with Gasteiger partial charge in [0.05, 0.1) is 6.04 Å². The Labute approximate surface area is 120 Å². The minimum absolute atomic E-state index is 0.0156. The van der Waals surface area contributed by atoms with Gasteiger partial charge in [-0.3, -0.25) is 9.78 Å².